The Morgan fingerprint density at radius 3 is 2.79 bits per heavy atom. The van der Waals surface area contributed by atoms with Gasteiger partial charge in [-0.15, -0.1) is 0 Å². The standard InChI is InChI=1S/C17H24N4O3/c1-21(2)16-20-13-7-6-12(10-14(13)24-16)19-15(22)18-11-17(23)8-4-3-5-9-17/h6-7,10,23H,3-5,8-9,11H2,1-2H3,(H2,18,19,22). The minimum Gasteiger partial charge on any atom is -0.423 e. The van der Waals surface area contributed by atoms with Gasteiger partial charge in [0.25, 0.3) is 6.01 Å². The summed E-state index contributed by atoms with van der Waals surface area (Å²) in [5.74, 6) is 0. The summed E-state index contributed by atoms with van der Waals surface area (Å²) in [6.07, 6.45) is 4.65. The van der Waals surface area contributed by atoms with E-state index in [0.717, 1.165) is 37.6 Å². The van der Waals surface area contributed by atoms with Gasteiger partial charge in [0.2, 0.25) is 0 Å². The van der Waals surface area contributed by atoms with Crippen LogP contribution in [0.15, 0.2) is 22.6 Å². The highest BCUT2D eigenvalue weighted by Gasteiger charge is 2.29. The van der Waals surface area contributed by atoms with Gasteiger partial charge < -0.3 is 25.1 Å². The number of carbonyl (C=O) groups is 1. The van der Waals surface area contributed by atoms with Crippen molar-refractivity contribution >= 4 is 28.8 Å². The fraction of sp³-hybridized carbons (Fsp3) is 0.529. The summed E-state index contributed by atoms with van der Waals surface area (Å²) in [5.41, 5.74) is 1.20. The molecule has 1 aromatic heterocycles. The van der Waals surface area contributed by atoms with Crippen LogP contribution in [0.2, 0.25) is 0 Å². The Labute approximate surface area is 141 Å². The van der Waals surface area contributed by atoms with Crippen molar-refractivity contribution in [2.24, 2.45) is 0 Å². The van der Waals surface area contributed by atoms with Gasteiger partial charge in [-0.2, -0.15) is 4.98 Å². The minimum atomic E-state index is -0.773. The van der Waals surface area contributed by atoms with E-state index in [9.17, 15) is 9.90 Å². The molecule has 0 unspecified atom stereocenters. The monoisotopic (exact) mass is 332 g/mol. The smallest absolute Gasteiger partial charge is 0.319 e. The van der Waals surface area contributed by atoms with Crippen LogP contribution in [0.3, 0.4) is 0 Å². The van der Waals surface area contributed by atoms with Crippen molar-refractivity contribution in [1.29, 1.82) is 0 Å². The molecule has 2 aromatic rings. The molecular formula is C17H24N4O3. The van der Waals surface area contributed by atoms with E-state index < -0.39 is 5.60 Å². The first-order valence-corrected chi connectivity index (χ1v) is 8.30. The molecule has 7 nitrogen and oxygen atoms in total. The number of aliphatic hydroxyl groups is 1. The third-order valence-corrected chi connectivity index (χ3v) is 4.38. The van der Waals surface area contributed by atoms with Crippen LogP contribution in [-0.2, 0) is 0 Å². The van der Waals surface area contributed by atoms with E-state index in [1.54, 1.807) is 23.1 Å². The Morgan fingerprint density at radius 1 is 1.33 bits per heavy atom. The van der Waals surface area contributed by atoms with Crippen molar-refractivity contribution in [1.82, 2.24) is 10.3 Å². The van der Waals surface area contributed by atoms with Crippen molar-refractivity contribution in [3.05, 3.63) is 18.2 Å². The van der Waals surface area contributed by atoms with E-state index in [1.807, 2.05) is 14.1 Å². The minimum absolute atomic E-state index is 0.272. The predicted molar refractivity (Wildman–Crippen MR) is 93.4 cm³/mol. The molecule has 0 spiro atoms. The van der Waals surface area contributed by atoms with Gasteiger partial charge in [0.15, 0.2) is 5.58 Å². The molecule has 24 heavy (non-hydrogen) atoms. The van der Waals surface area contributed by atoms with Crippen molar-refractivity contribution in [2.75, 3.05) is 30.9 Å². The molecule has 0 aliphatic heterocycles. The normalized spacial score (nSPS) is 16.8. The lowest BCUT2D eigenvalue weighted by Gasteiger charge is -2.32. The number of benzene rings is 1. The van der Waals surface area contributed by atoms with Crippen LogP contribution < -0.4 is 15.5 Å². The Bertz CT molecular complexity index is 720. The summed E-state index contributed by atoms with van der Waals surface area (Å²) < 4.78 is 5.63. The van der Waals surface area contributed by atoms with E-state index in [0.29, 0.717) is 17.3 Å². The molecule has 1 aromatic carbocycles. The van der Waals surface area contributed by atoms with Crippen molar-refractivity contribution < 1.29 is 14.3 Å². The molecule has 130 valence electrons. The molecule has 0 saturated heterocycles. The van der Waals surface area contributed by atoms with Crippen LogP contribution in [0.1, 0.15) is 32.1 Å². The molecule has 1 heterocycles. The maximum atomic E-state index is 12.1. The SMILES string of the molecule is CN(C)c1nc2ccc(NC(=O)NCC3(O)CCCCC3)cc2o1. The maximum Gasteiger partial charge on any atom is 0.319 e. The topological polar surface area (TPSA) is 90.6 Å². The van der Waals surface area contributed by atoms with Gasteiger partial charge in [0.1, 0.15) is 5.52 Å². The highest BCUT2D eigenvalue weighted by molar-refractivity contribution is 5.91. The number of oxazole rings is 1. The molecular weight excluding hydrogens is 308 g/mol. The van der Waals surface area contributed by atoms with Crippen LogP contribution >= 0.6 is 0 Å². The molecule has 1 fully saturated rings. The van der Waals surface area contributed by atoms with Gasteiger partial charge in [-0.3, -0.25) is 0 Å². The Morgan fingerprint density at radius 2 is 2.08 bits per heavy atom. The molecule has 7 heteroatoms. The number of rotatable bonds is 4. The quantitative estimate of drug-likeness (QED) is 0.801. The second kappa shape index (κ2) is 6.68. The number of urea groups is 1. The molecule has 1 saturated carbocycles. The van der Waals surface area contributed by atoms with Crippen molar-refractivity contribution in [3.8, 4) is 0 Å². The van der Waals surface area contributed by atoms with Gasteiger partial charge in [-0.05, 0) is 25.0 Å². The number of amides is 2. The second-order valence-electron chi connectivity index (χ2n) is 6.67. The lowest BCUT2D eigenvalue weighted by Crippen LogP contribution is -2.45. The van der Waals surface area contributed by atoms with E-state index in [-0.39, 0.29) is 12.6 Å². The van der Waals surface area contributed by atoms with Crippen LogP contribution in [-0.4, -0.2) is 42.4 Å². The van der Waals surface area contributed by atoms with Gasteiger partial charge in [-0.1, -0.05) is 19.3 Å². The summed E-state index contributed by atoms with van der Waals surface area (Å²) in [6, 6.07) is 5.51. The van der Waals surface area contributed by atoms with Crippen LogP contribution in [0, 0.1) is 0 Å². The van der Waals surface area contributed by atoms with Crippen molar-refractivity contribution in [2.45, 2.75) is 37.7 Å². The fourth-order valence-corrected chi connectivity index (χ4v) is 2.99. The zero-order valence-corrected chi connectivity index (χ0v) is 14.1. The largest absolute Gasteiger partial charge is 0.423 e. The predicted octanol–water partition coefficient (Wildman–Crippen LogP) is 2.71. The third-order valence-electron chi connectivity index (χ3n) is 4.38. The maximum absolute atomic E-state index is 12.1. The number of aromatic nitrogens is 1. The van der Waals surface area contributed by atoms with Crippen LogP contribution in [0.4, 0.5) is 16.5 Å². The number of hydrogen-bond acceptors (Lipinski definition) is 5. The summed E-state index contributed by atoms with van der Waals surface area (Å²) >= 11 is 0. The average molecular weight is 332 g/mol. The fourth-order valence-electron chi connectivity index (χ4n) is 2.99. The molecule has 1 aliphatic rings. The summed E-state index contributed by atoms with van der Waals surface area (Å²) in [4.78, 5) is 18.2. The number of carbonyl (C=O) groups excluding carboxylic acids is 1. The number of nitrogens with one attached hydrogen (secondary N) is 2. The molecule has 3 N–H and O–H groups in total. The molecule has 3 rings (SSSR count). The lowest BCUT2D eigenvalue weighted by atomic mass is 9.85. The molecule has 0 radical (unpaired) electrons. The number of hydrogen-bond donors (Lipinski definition) is 3. The third kappa shape index (κ3) is 3.79. The Balaban J connectivity index is 1.60. The molecule has 2 amide bonds. The van der Waals surface area contributed by atoms with E-state index >= 15 is 0 Å². The van der Waals surface area contributed by atoms with E-state index in [4.69, 9.17) is 4.42 Å². The zero-order valence-electron chi connectivity index (χ0n) is 14.1. The Hall–Kier alpha value is -2.28. The zero-order chi connectivity index (χ0) is 17.2. The van der Waals surface area contributed by atoms with Crippen molar-refractivity contribution in [3.63, 3.8) is 0 Å². The van der Waals surface area contributed by atoms with Gasteiger partial charge in [0, 0.05) is 32.4 Å². The molecule has 0 bridgehead atoms. The first kappa shape index (κ1) is 16.6. The van der Waals surface area contributed by atoms with E-state index in [1.165, 1.54) is 0 Å². The van der Waals surface area contributed by atoms with Gasteiger partial charge >= 0.3 is 6.03 Å². The summed E-state index contributed by atoms with van der Waals surface area (Å²) in [6.45, 7) is 0.272. The van der Waals surface area contributed by atoms with Gasteiger partial charge in [-0.25, -0.2) is 4.79 Å². The first-order chi connectivity index (χ1) is 11.5. The second-order valence-corrected chi connectivity index (χ2v) is 6.67. The molecule has 1 aliphatic carbocycles. The number of nitrogens with zero attached hydrogens (tertiary/aromatic N) is 2. The van der Waals surface area contributed by atoms with Gasteiger partial charge in [0.05, 0.1) is 5.60 Å². The number of fused-ring (bicyclic) bond motifs is 1. The highest BCUT2D eigenvalue weighted by atomic mass is 16.4. The van der Waals surface area contributed by atoms with Crippen LogP contribution in [0.5, 0.6) is 0 Å². The number of anilines is 2. The highest BCUT2D eigenvalue weighted by Crippen LogP contribution is 2.27. The first-order valence-electron chi connectivity index (χ1n) is 8.30. The van der Waals surface area contributed by atoms with E-state index in [2.05, 4.69) is 15.6 Å². The Kier molecular flexibility index (Phi) is 4.62. The summed E-state index contributed by atoms with van der Waals surface area (Å²) in [7, 11) is 3.71. The summed E-state index contributed by atoms with van der Waals surface area (Å²) in [5, 5.41) is 15.9. The lowest BCUT2D eigenvalue weighted by molar-refractivity contribution is 0.00755. The molecule has 0 atom stereocenters. The van der Waals surface area contributed by atoms with Crippen LogP contribution in [0.25, 0.3) is 11.1 Å². The average Bonchev–Trinajstić information content (AvgIpc) is 2.97.